The predicted octanol–water partition coefficient (Wildman–Crippen LogP) is 2.46. The van der Waals surface area contributed by atoms with Crippen LogP contribution in [0.25, 0.3) is 0 Å². The summed E-state index contributed by atoms with van der Waals surface area (Å²) in [6.07, 6.45) is 0. The molecule has 0 saturated carbocycles. The molecule has 0 aromatic heterocycles. The van der Waals surface area contributed by atoms with Crippen molar-refractivity contribution in [1.29, 1.82) is 0 Å². The zero-order chi connectivity index (χ0) is 20.3. The second-order valence-electron chi connectivity index (χ2n) is 5.50. The molecule has 2 aromatic carbocycles. The molecule has 0 saturated heterocycles. The minimum Gasteiger partial charge on any atom is -0.497 e. The molecule has 0 radical (unpaired) electrons. The van der Waals surface area contributed by atoms with Crippen LogP contribution in [0.4, 0.5) is 5.69 Å². The predicted molar refractivity (Wildman–Crippen MR) is 103 cm³/mol. The first-order valence-electron chi connectivity index (χ1n) is 7.84. The van der Waals surface area contributed by atoms with Gasteiger partial charge in [-0.1, -0.05) is 30.0 Å². The maximum absolute atomic E-state index is 12.6. The van der Waals surface area contributed by atoms with E-state index in [9.17, 15) is 18.5 Å². The number of hydrogen-bond acceptors (Lipinski definition) is 9. The standard InChI is InChI=1S/C16H16N4O6S2/c1-25-13-7-4-8-14(10-13)28(23,24)18-16-17-19(26-2)15(27-16)11-5-3-6-12(9-11)20(21)22/h3-10,15H,1-2H3,(H,17,18). The number of nitrogens with zero attached hydrogens (tertiary/aromatic N) is 3. The minimum absolute atomic E-state index is 0.0120. The second kappa shape index (κ2) is 8.04. The van der Waals surface area contributed by atoms with Gasteiger partial charge in [-0.05, 0) is 17.7 Å². The van der Waals surface area contributed by atoms with E-state index in [1.165, 1.54) is 43.7 Å². The third-order valence-corrected chi connectivity index (χ3v) is 6.29. The number of hydroxylamine groups is 1. The van der Waals surface area contributed by atoms with Gasteiger partial charge in [-0.15, -0.1) is 5.10 Å². The number of amidine groups is 1. The number of thioether (sulfide) groups is 1. The number of benzene rings is 2. The number of methoxy groups -OCH3 is 1. The molecule has 3 rings (SSSR count). The Morgan fingerprint density at radius 3 is 2.64 bits per heavy atom. The summed E-state index contributed by atoms with van der Waals surface area (Å²) in [5, 5.41) is 15.7. The fraction of sp³-hybridized carbons (Fsp3) is 0.188. The van der Waals surface area contributed by atoms with Crippen molar-refractivity contribution in [3.63, 3.8) is 0 Å². The van der Waals surface area contributed by atoms with Crippen LogP contribution in [-0.4, -0.2) is 37.9 Å². The summed E-state index contributed by atoms with van der Waals surface area (Å²) in [5.74, 6) is 0.400. The molecule has 1 atom stereocenters. The van der Waals surface area contributed by atoms with Crippen molar-refractivity contribution in [2.45, 2.75) is 10.3 Å². The van der Waals surface area contributed by atoms with Crippen molar-refractivity contribution in [3.8, 4) is 5.75 Å². The molecule has 1 aliphatic rings. The quantitative estimate of drug-likeness (QED) is 0.554. The Hall–Kier alpha value is -2.83. The SMILES string of the molecule is COc1cccc(S(=O)(=O)NC2=NN(OC)C(c3cccc([N+](=O)[O-])c3)S2)c1. The van der Waals surface area contributed by atoms with Crippen molar-refractivity contribution in [2.24, 2.45) is 5.10 Å². The summed E-state index contributed by atoms with van der Waals surface area (Å²) in [5.41, 5.74) is 0.458. The highest BCUT2D eigenvalue weighted by Gasteiger charge is 2.33. The third kappa shape index (κ3) is 4.18. The molecule has 148 valence electrons. The van der Waals surface area contributed by atoms with Crippen LogP contribution in [0, 0.1) is 10.1 Å². The van der Waals surface area contributed by atoms with Gasteiger partial charge in [0.1, 0.15) is 5.75 Å². The monoisotopic (exact) mass is 424 g/mol. The Morgan fingerprint density at radius 2 is 1.96 bits per heavy atom. The van der Waals surface area contributed by atoms with Gasteiger partial charge in [0.15, 0.2) is 10.5 Å². The van der Waals surface area contributed by atoms with Gasteiger partial charge < -0.3 is 4.74 Å². The van der Waals surface area contributed by atoms with Gasteiger partial charge in [0.2, 0.25) is 0 Å². The van der Waals surface area contributed by atoms with Crippen molar-refractivity contribution >= 4 is 32.6 Å². The van der Waals surface area contributed by atoms with Gasteiger partial charge in [-0.25, -0.2) is 8.42 Å². The van der Waals surface area contributed by atoms with Crippen molar-refractivity contribution in [3.05, 3.63) is 64.2 Å². The van der Waals surface area contributed by atoms with E-state index in [0.29, 0.717) is 11.3 Å². The first kappa shape index (κ1) is 19.9. The van der Waals surface area contributed by atoms with Crippen LogP contribution in [0.2, 0.25) is 0 Å². The molecule has 28 heavy (non-hydrogen) atoms. The number of sulfonamides is 1. The number of nitro groups is 1. The molecular weight excluding hydrogens is 408 g/mol. The normalized spacial score (nSPS) is 16.6. The number of non-ortho nitro benzene ring substituents is 1. The van der Waals surface area contributed by atoms with Crippen LogP contribution in [-0.2, 0) is 14.9 Å². The summed E-state index contributed by atoms with van der Waals surface area (Å²) in [4.78, 5) is 15.7. The average molecular weight is 424 g/mol. The lowest BCUT2D eigenvalue weighted by molar-refractivity contribution is -0.385. The smallest absolute Gasteiger partial charge is 0.269 e. The lowest BCUT2D eigenvalue weighted by Crippen LogP contribution is -2.27. The van der Waals surface area contributed by atoms with Crippen molar-refractivity contribution < 1.29 is 22.9 Å². The number of rotatable bonds is 6. The molecule has 1 N–H and O–H groups in total. The van der Waals surface area contributed by atoms with E-state index in [0.717, 1.165) is 11.8 Å². The first-order chi connectivity index (χ1) is 13.3. The first-order valence-corrected chi connectivity index (χ1v) is 10.2. The number of ether oxygens (including phenoxy) is 1. The van der Waals surface area contributed by atoms with Crippen molar-refractivity contribution in [2.75, 3.05) is 14.2 Å². The lowest BCUT2D eigenvalue weighted by Gasteiger charge is -2.19. The fourth-order valence-corrected chi connectivity index (χ4v) is 4.71. The van der Waals surface area contributed by atoms with Gasteiger partial charge in [0.25, 0.3) is 15.7 Å². The molecule has 0 fully saturated rings. The molecule has 0 amide bonds. The van der Waals surface area contributed by atoms with Gasteiger partial charge in [0.05, 0.1) is 24.0 Å². The molecule has 1 unspecified atom stereocenters. The van der Waals surface area contributed by atoms with E-state index < -0.39 is 20.3 Å². The molecule has 12 heteroatoms. The largest absolute Gasteiger partial charge is 0.497 e. The van der Waals surface area contributed by atoms with Gasteiger partial charge in [-0.3, -0.25) is 19.7 Å². The van der Waals surface area contributed by atoms with Gasteiger partial charge in [-0.2, -0.15) is 5.17 Å². The third-order valence-electron chi connectivity index (χ3n) is 3.74. The Kier molecular flexibility index (Phi) is 5.72. The average Bonchev–Trinajstić information content (AvgIpc) is 3.10. The Balaban J connectivity index is 1.82. The highest BCUT2D eigenvalue weighted by molar-refractivity contribution is 8.15. The molecule has 1 aliphatic heterocycles. The summed E-state index contributed by atoms with van der Waals surface area (Å²) in [7, 11) is -1.10. The lowest BCUT2D eigenvalue weighted by atomic mass is 10.2. The van der Waals surface area contributed by atoms with Crippen LogP contribution in [0.1, 0.15) is 10.9 Å². The maximum Gasteiger partial charge on any atom is 0.269 e. The van der Waals surface area contributed by atoms with Crippen LogP contribution in [0.3, 0.4) is 0 Å². The number of nitro benzene ring substituents is 1. The Labute approximate surface area is 165 Å². The van der Waals surface area contributed by atoms with E-state index >= 15 is 0 Å². The second-order valence-corrected chi connectivity index (χ2v) is 8.25. The molecule has 0 aliphatic carbocycles. The Morgan fingerprint density at radius 1 is 1.21 bits per heavy atom. The van der Waals surface area contributed by atoms with E-state index in [2.05, 4.69) is 9.82 Å². The topological polar surface area (TPSA) is 123 Å². The fourth-order valence-electron chi connectivity index (χ4n) is 2.43. The zero-order valence-corrected chi connectivity index (χ0v) is 16.4. The summed E-state index contributed by atoms with van der Waals surface area (Å²) < 4.78 is 32.7. The number of hydrogen-bond donors (Lipinski definition) is 1. The highest BCUT2D eigenvalue weighted by Crippen LogP contribution is 2.39. The number of nitrogens with one attached hydrogen (secondary N) is 1. The molecule has 0 spiro atoms. The van der Waals surface area contributed by atoms with Crippen LogP contribution in [0.15, 0.2) is 58.5 Å². The maximum atomic E-state index is 12.6. The van der Waals surface area contributed by atoms with E-state index in [-0.39, 0.29) is 15.8 Å². The zero-order valence-electron chi connectivity index (χ0n) is 14.8. The summed E-state index contributed by atoms with van der Waals surface area (Å²) >= 11 is 1.06. The summed E-state index contributed by atoms with van der Waals surface area (Å²) in [6, 6.07) is 12.0. The van der Waals surface area contributed by atoms with Gasteiger partial charge in [0, 0.05) is 18.2 Å². The van der Waals surface area contributed by atoms with Crippen LogP contribution >= 0.6 is 11.8 Å². The number of hydrazone groups is 1. The van der Waals surface area contributed by atoms with Gasteiger partial charge >= 0.3 is 0 Å². The Bertz CT molecular complexity index is 1030. The molecule has 0 bridgehead atoms. The molecule has 2 aromatic rings. The van der Waals surface area contributed by atoms with Crippen LogP contribution in [0.5, 0.6) is 5.75 Å². The van der Waals surface area contributed by atoms with E-state index in [1.807, 2.05) is 0 Å². The summed E-state index contributed by atoms with van der Waals surface area (Å²) in [6.45, 7) is 0. The molecule has 10 nitrogen and oxygen atoms in total. The van der Waals surface area contributed by atoms with E-state index in [1.54, 1.807) is 24.3 Å². The van der Waals surface area contributed by atoms with Crippen molar-refractivity contribution in [1.82, 2.24) is 9.89 Å². The molecule has 1 heterocycles. The van der Waals surface area contributed by atoms with E-state index in [4.69, 9.17) is 9.57 Å². The minimum atomic E-state index is -3.91. The molecular formula is C16H16N4O6S2. The highest BCUT2D eigenvalue weighted by atomic mass is 32.2. The van der Waals surface area contributed by atoms with Crippen LogP contribution < -0.4 is 9.46 Å².